The SMILES string of the molecule is CCN1CCN(c2ccc(CNCc3c(C(C)C)nn(C)c3Cl)cn2)CC1. The number of halogens is 1. The topological polar surface area (TPSA) is 49.2 Å². The van der Waals surface area contributed by atoms with Crippen LogP contribution in [0.4, 0.5) is 5.82 Å². The zero-order chi connectivity index (χ0) is 19.4. The first-order valence-electron chi connectivity index (χ1n) is 9.83. The minimum atomic E-state index is 0.356. The van der Waals surface area contributed by atoms with Crippen LogP contribution in [-0.2, 0) is 20.1 Å². The summed E-state index contributed by atoms with van der Waals surface area (Å²) in [5, 5.41) is 8.73. The quantitative estimate of drug-likeness (QED) is 0.787. The smallest absolute Gasteiger partial charge is 0.131 e. The number of nitrogens with one attached hydrogen (secondary N) is 1. The number of hydrogen-bond donors (Lipinski definition) is 1. The highest BCUT2D eigenvalue weighted by atomic mass is 35.5. The van der Waals surface area contributed by atoms with Gasteiger partial charge in [0.2, 0.25) is 0 Å². The molecule has 2 aromatic heterocycles. The molecule has 27 heavy (non-hydrogen) atoms. The van der Waals surface area contributed by atoms with Crippen LogP contribution in [-0.4, -0.2) is 52.4 Å². The van der Waals surface area contributed by atoms with E-state index in [1.807, 2.05) is 13.2 Å². The summed E-state index contributed by atoms with van der Waals surface area (Å²) in [4.78, 5) is 9.52. The monoisotopic (exact) mass is 390 g/mol. The molecule has 7 heteroatoms. The van der Waals surface area contributed by atoms with E-state index in [9.17, 15) is 0 Å². The van der Waals surface area contributed by atoms with Gasteiger partial charge in [0.15, 0.2) is 0 Å². The third-order valence-electron chi connectivity index (χ3n) is 5.23. The maximum absolute atomic E-state index is 6.41. The third kappa shape index (κ3) is 4.81. The lowest BCUT2D eigenvalue weighted by Gasteiger charge is -2.34. The zero-order valence-electron chi connectivity index (χ0n) is 16.9. The molecule has 0 spiro atoms. The Balaban J connectivity index is 1.54. The van der Waals surface area contributed by atoms with Gasteiger partial charge in [0.1, 0.15) is 11.0 Å². The van der Waals surface area contributed by atoms with Crippen LogP contribution in [0.1, 0.15) is 43.5 Å². The fourth-order valence-electron chi connectivity index (χ4n) is 3.53. The molecule has 1 saturated heterocycles. The summed E-state index contributed by atoms with van der Waals surface area (Å²) in [6.45, 7) is 13.4. The van der Waals surface area contributed by atoms with Gasteiger partial charge in [-0.25, -0.2) is 4.98 Å². The second-order valence-electron chi connectivity index (χ2n) is 7.48. The molecule has 1 aliphatic heterocycles. The lowest BCUT2D eigenvalue weighted by molar-refractivity contribution is 0.270. The van der Waals surface area contributed by atoms with Crippen LogP contribution in [0.5, 0.6) is 0 Å². The molecule has 1 aliphatic rings. The predicted octanol–water partition coefficient (Wildman–Crippen LogP) is 3.02. The molecule has 0 unspecified atom stereocenters. The average molecular weight is 391 g/mol. The van der Waals surface area contributed by atoms with Crippen molar-refractivity contribution in [1.29, 1.82) is 0 Å². The van der Waals surface area contributed by atoms with Gasteiger partial charge in [0, 0.05) is 58.1 Å². The number of aryl methyl sites for hydroxylation is 1. The Hall–Kier alpha value is -1.63. The molecule has 6 nitrogen and oxygen atoms in total. The van der Waals surface area contributed by atoms with E-state index in [1.165, 1.54) is 5.56 Å². The molecular weight excluding hydrogens is 360 g/mol. The van der Waals surface area contributed by atoms with Crippen molar-refractivity contribution in [2.45, 2.75) is 39.8 Å². The standard InChI is InChI=1S/C20H31ClN6/c1-5-26-8-10-27(11-9-26)18-7-6-16(13-23-18)12-22-14-17-19(15(2)3)24-25(4)20(17)21/h6-7,13,15,22H,5,8-12,14H2,1-4H3. The number of rotatable bonds is 7. The molecule has 0 amide bonds. The van der Waals surface area contributed by atoms with Crippen LogP contribution in [0, 0.1) is 0 Å². The number of hydrogen-bond acceptors (Lipinski definition) is 5. The Morgan fingerprint density at radius 1 is 1.15 bits per heavy atom. The Morgan fingerprint density at radius 3 is 2.48 bits per heavy atom. The van der Waals surface area contributed by atoms with E-state index in [0.717, 1.165) is 56.3 Å². The predicted molar refractivity (Wildman–Crippen MR) is 111 cm³/mol. The van der Waals surface area contributed by atoms with E-state index in [1.54, 1.807) is 4.68 Å². The van der Waals surface area contributed by atoms with E-state index in [2.05, 4.69) is 58.1 Å². The molecule has 0 aromatic carbocycles. The maximum Gasteiger partial charge on any atom is 0.131 e. The number of likely N-dealkylation sites (N-methyl/N-ethyl adjacent to an activating group) is 1. The summed E-state index contributed by atoms with van der Waals surface area (Å²) < 4.78 is 1.75. The van der Waals surface area contributed by atoms with Gasteiger partial charge >= 0.3 is 0 Å². The van der Waals surface area contributed by atoms with Crippen LogP contribution in [0.2, 0.25) is 5.15 Å². The summed E-state index contributed by atoms with van der Waals surface area (Å²) in [5.41, 5.74) is 3.33. The second-order valence-corrected chi connectivity index (χ2v) is 7.84. The maximum atomic E-state index is 6.41. The van der Waals surface area contributed by atoms with E-state index in [4.69, 9.17) is 11.6 Å². The third-order valence-corrected chi connectivity index (χ3v) is 5.70. The van der Waals surface area contributed by atoms with Crippen LogP contribution in [0.15, 0.2) is 18.3 Å². The molecule has 148 valence electrons. The molecule has 0 radical (unpaired) electrons. The lowest BCUT2D eigenvalue weighted by Crippen LogP contribution is -2.46. The minimum absolute atomic E-state index is 0.356. The van der Waals surface area contributed by atoms with Gasteiger partial charge in [0.05, 0.1) is 5.69 Å². The van der Waals surface area contributed by atoms with Crippen molar-refractivity contribution in [1.82, 2.24) is 25.0 Å². The Bertz CT molecular complexity index is 732. The molecule has 1 fully saturated rings. The second kappa shape index (κ2) is 9.04. The highest BCUT2D eigenvalue weighted by Gasteiger charge is 2.18. The van der Waals surface area contributed by atoms with E-state index >= 15 is 0 Å². The first kappa shape index (κ1) is 20.1. The fourth-order valence-corrected chi connectivity index (χ4v) is 3.73. The first-order chi connectivity index (χ1) is 13.0. The normalized spacial score (nSPS) is 15.7. The summed E-state index contributed by atoms with van der Waals surface area (Å²) in [7, 11) is 1.89. The number of pyridine rings is 1. The van der Waals surface area contributed by atoms with Crippen molar-refractivity contribution in [2.24, 2.45) is 7.05 Å². The van der Waals surface area contributed by atoms with Crippen molar-refractivity contribution >= 4 is 17.4 Å². The Kier molecular flexibility index (Phi) is 6.73. The highest BCUT2D eigenvalue weighted by molar-refractivity contribution is 6.30. The molecule has 0 atom stereocenters. The highest BCUT2D eigenvalue weighted by Crippen LogP contribution is 2.25. The van der Waals surface area contributed by atoms with Gasteiger partial charge in [-0.3, -0.25) is 4.68 Å². The molecular formula is C20H31ClN6. The molecule has 0 bridgehead atoms. The van der Waals surface area contributed by atoms with Crippen LogP contribution in [0.25, 0.3) is 0 Å². The van der Waals surface area contributed by atoms with E-state index in [0.29, 0.717) is 17.6 Å². The van der Waals surface area contributed by atoms with Gasteiger partial charge in [0.25, 0.3) is 0 Å². The molecule has 3 heterocycles. The van der Waals surface area contributed by atoms with Crippen molar-refractivity contribution < 1.29 is 0 Å². The Labute approximate surface area is 167 Å². The van der Waals surface area contributed by atoms with Gasteiger partial charge in [-0.2, -0.15) is 5.10 Å². The minimum Gasteiger partial charge on any atom is -0.354 e. The lowest BCUT2D eigenvalue weighted by atomic mass is 10.1. The van der Waals surface area contributed by atoms with Crippen molar-refractivity contribution in [3.63, 3.8) is 0 Å². The van der Waals surface area contributed by atoms with Gasteiger partial charge in [-0.1, -0.05) is 38.4 Å². The van der Waals surface area contributed by atoms with Gasteiger partial charge in [-0.15, -0.1) is 0 Å². The molecule has 3 rings (SSSR count). The first-order valence-corrected chi connectivity index (χ1v) is 10.2. The molecule has 0 aliphatic carbocycles. The van der Waals surface area contributed by atoms with Crippen LogP contribution < -0.4 is 10.2 Å². The molecule has 1 N–H and O–H groups in total. The van der Waals surface area contributed by atoms with Gasteiger partial charge in [-0.05, 0) is 24.1 Å². The Morgan fingerprint density at radius 2 is 1.89 bits per heavy atom. The fraction of sp³-hybridized carbons (Fsp3) is 0.600. The van der Waals surface area contributed by atoms with Crippen molar-refractivity contribution in [3.05, 3.63) is 40.3 Å². The number of piperazine rings is 1. The number of nitrogens with zero attached hydrogens (tertiary/aromatic N) is 5. The summed E-state index contributed by atoms with van der Waals surface area (Å²) in [6.07, 6.45) is 1.97. The molecule has 0 saturated carbocycles. The largest absolute Gasteiger partial charge is 0.354 e. The van der Waals surface area contributed by atoms with Crippen molar-refractivity contribution in [3.8, 4) is 0 Å². The summed E-state index contributed by atoms with van der Waals surface area (Å²) in [5.74, 6) is 1.43. The zero-order valence-corrected chi connectivity index (χ0v) is 17.6. The summed E-state index contributed by atoms with van der Waals surface area (Å²) in [6, 6.07) is 4.30. The average Bonchev–Trinajstić information content (AvgIpc) is 2.97. The van der Waals surface area contributed by atoms with E-state index < -0.39 is 0 Å². The number of anilines is 1. The van der Waals surface area contributed by atoms with Gasteiger partial charge < -0.3 is 15.1 Å². The summed E-state index contributed by atoms with van der Waals surface area (Å²) >= 11 is 6.41. The number of aromatic nitrogens is 3. The van der Waals surface area contributed by atoms with Crippen molar-refractivity contribution in [2.75, 3.05) is 37.6 Å². The molecule has 2 aromatic rings. The van der Waals surface area contributed by atoms with Crippen LogP contribution >= 0.6 is 11.6 Å². The van der Waals surface area contributed by atoms with Crippen LogP contribution in [0.3, 0.4) is 0 Å². The van der Waals surface area contributed by atoms with E-state index in [-0.39, 0.29) is 0 Å².